The summed E-state index contributed by atoms with van der Waals surface area (Å²) in [4.78, 5) is 14.7. The van der Waals surface area contributed by atoms with E-state index in [2.05, 4.69) is 33.1 Å². The van der Waals surface area contributed by atoms with Crippen LogP contribution in [0.3, 0.4) is 0 Å². The van der Waals surface area contributed by atoms with E-state index in [-0.39, 0.29) is 5.91 Å². The molecule has 4 heteroatoms. The molecule has 0 spiro atoms. The molecule has 19 heavy (non-hydrogen) atoms. The molecule has 0 aromatic heterocycles. The van der Waals surface area contributed by atoms with Crippen molar-refractivity contribution in [2.24, 2.45) is 5.92 Å². The number of rotatable bonds is 2. The van der Waals surface area contributed by atoms with Crippen LogP contribution in [0, 0.1) is 5.92 Å². The van der Waals surface area contributed by atoms with Gasteiger partial charge in [0.25, 0.3) is 0 Å². The summed E-state index contributed by atoms with van der Waals surface area (Å²) < 4.78 is 1.05. The molecule has 2 fully saturated rings. The largest absolute Gasteiger partial charge is 0.335 e. The van der Waals surface area contributed by atoms with E-state index < -0.39 is 0 Å². The van der Waals surface area contributed by atoms with Crippen molar-refractivity contribution >= 4 is 21.8 Å². The predicted octanol–water partition coefficient (Wildman–Crippen LogP) is 2.20. The quantitative estimate of drug-likeness (QED) is 0.905. The van der Waals surface area contributed by atoms with Crippen LogP contribution in [-0.4, -0.2) is 36.0 Å². The molecule has 0 radical (unpaired) electrons. The van der Waals surface area contributed by atoms with E-state index in [1.807, 2.05) is 24.3 Å². The molecule has 3 unspecified atom stereocenters. The Morgan fingerprint density at radius 1 is 1.37 bits per heavy atom. The molecule has 2 heterocycles. The molecule has 1 aromatic rings. The van der Waals surface area contributed by atoms with E-state index in [4.69, 9.17) is 0 Å². The molecule has 3 atom stereocenters. The average Bonchev–Trinajstić information content (AvgIpc) is 2.91. The van der Waals surface area contributed by atoms with Crippen LogP contribution in [0.1, 0.15) is 18.9 Å². The Morgan fingerprint density at radius 2 is 2.11 bits per heavy atom. The van der Waals surface area contributed by atoms with Gasteiger partial charge >= 0.3 is 0 Å². The molecule has 0 saturated carbocycles. The Morgan fingerprint density at radius 3 is 2.84 bits per heavy atom. The van der Waals surface area contributed by atoms with Crippen LogP contribution in [0.15, 0.2) is 28.7 Å². The van der Waals surface area contributed by atoms with Crippen LogP contribution in [0.5, 0.6) is 0 Å². The third-order valence-corrected chi connectivity index (χ3v) is 4.87. The number of amides is 1. The molecule has 0 bridgehead atoms. The van der Waals surface area contributed by atoms with Crippen LogP contribution < -0.4 is 5.32 Å². The highest BCUT2D eigenvalue weighted by molar-refractivity contribution is 9.10. The van der Waals surface area contributed by atoms with Crippen LogP contribution >= 0.6 is 15.9 Å². The fourth-order valence-corrected chi connectivity index (χ4v) is 3.73. The van der Waals surface area contributed by atoms with Gasteiger partial charge in [-0.2, -0.15) is 0 Å². The van der Waals surface area contributed by atoms with Crippen molar-refractivity contribution in [2.75, 3.05) is 13.1 Å². The van der Waals surface area contributed by atoms with Crippen molar-refractivity contribution in [3.05, 3.63) is 34.3 Å². The maximum Gasteiger partial charge on any atom is 0.227 e. The highest BCUT2D eigenvalue weighted by Gasteiger charge is 2.43. The lowest BCUT2D eigenvalue weighted by atomic mass is 10.0. The standard InChI is InChI=1S/C15H19BrN2O/c1-10-6-12-8-17-9-14(12)18(10)15(19)7-11-2-4-13(16)5-3-11/h2-5,10,12,14,17H,6-9H2,1H3. The number of hydrogen-bond donors (Lipinski definition) is 1. The summed E-state index contributed by atoms with van der Waals surface area (Å²) in [6.45, 7) is 4.20. The van der Waals surface area contributed by atoms with Gasteiger partial charge in [-0.1, -0.05) is 28.1 Å². The van der Waals surface area contributed by atoms with Gasteiger partial charge in [0.2, 0.25) is 5.91 Å². The molecule has 1 amide bonds. The number of fused-ring (bicyclic) bond motifs is 1. The van der Waals surface area contributed by atoms with Crippen molar-refractivity contribution in [1.82, 2.24) is 10.2 Å². The van der Waals surface area contributed by atoms with Gasteiger partial charge < -0.3 is 10.2 Å². The third-order valence-electron chi connectivity index (χ3n) is 4.34. The summed E-state index contributed by atoms with van der Waals surface area (Å²) in [6, 6.07) is 8.84. The smallest absolute Gasteiger partial charge is 0.227 e. The average molecular weight is 323 g/mol. The lowest BCUT2D eigenvalue weighted by Crippen LogP contribution is -2.43. The predicted molar refractivity (Wildman–Crippen MR) is 78.9 cm³/mol. The van der Waals surface area contributed by atoms with Crippen molar-refractivity contribution < 1.29 is 4.79 Å². The Labute approximate surface area is 122 Å². The Balaban J connectivity index is 1.71. The van der Waals surface area contributed by atoms with E-state index in [1.165, 1.54) is 0 Å². The summed E-state index contributed by atoms with van der Waals surface area (Å²) in [6.07, 6.45) is 1.66. The van der Waals surface area contributed by atoms with Gasteiger partial charge in [0.05, 0.1) is 6.42 Å². The molecular formula is C15H19BrN2O. The van der Waals surface area contributed by atoms with Crippen LogP contribution in [0.25, 0.3) is 0 Å². The molecule has 1 N–H and O–H groups in total. The van der Waals surface area contributed by atoms with Gasteiger partial charge in [0.1, 0.15) is 0 Å². The SMILES string of the molecule is CC1CC2CNCC2N1C(=O)Cc1ccc(Br)cc1. The van der Waals surface area contributed by atoms with Gasteiger partial charge in [0.15, 0.2) is 0 Å². The normalized spacial score (nSPS) is 29.6. The number of likely N-dealkylation sites (tertiary alicyclic amines) is 1. The molecule has 2 aliphatic heterocycles. The first-order valence-electron chi connectivity index (χ1n) is 6.91. The van der Waals surface area contributed by atoms with Crippen molar-refractivity contribution in [3.63, 3.8) is 0 Å². The highest BCUT2D eigenvalue weighted by atomic mass is 79.9. The minimum atomic E-state index is 0.269. The molecule has 3 nitrogen and oxygen atoms in total. The monoisotopic (exact) mass is 322 g/mol. The van der Waals surface area contributed by atoms with Crippen LogP contribution in [-0.2, 0) is 11.2 Å². The van der Waals surface area contributed by atoms with Crippen LogP contribution in [0.2, 0.25) is 0 Å². The van der Waals surface area contributed by atoms with Crippen LogP contribution in [0.4, 0.5) is 0 Å². The number of carbonyl (C=O) groups is 1. The second-order valence-electron chi connectivity index (χ2n) is 5.67. The van der Waals surface area contributed by atoms with Gasteiger partial charge in [-0.3, -0.25) is 4.79 Å². The summed E-state index contributed by atoms with van der Waals surface area (Å²) in [5, 5.41) is 3.40. The first kappa shape index (κ1) is 13.1. The zero-order valence-corrected chi connectivity index (χ0v) is 12.7. The summed E-state index contributed by atoms with van der Waals surface area (Å²) in [5.74, 6) is 0.926. The number of hydrogen-bond acceptors (Lipinski definition) is 2. The lowest BCUT2D eigenvalue weighted by Gasteiger charge is -2.27. The minimum Gasteiger partial charge on any atom is -0.335 e. The summed E-state index contributed by atoms with van der Waals surface area (Å²) in [5.41, 5.74) is 1.09. The third kappa shape index (κ3) is 2.56. The maximum atomic E-state index is 12.5. The second kappa shape index (κ2) is 5.25. The highest BCUT2D eigenvalue weighted by Crippen LogP contribution is 2.32. The van der Waals surface area contributed by atoms with E-state index >= 15 is 0 Å². The Bertz CT molecular complexity index is 474. The number of carbonyl (C=O) groups excluding carboxylic acids is 1. The molecule has 0 aliphatic carbocycles. The zero-order chi connectivity index (χ0) is 13.4. The van der Waals surface area contributed by atoms with Crippen molar-refractivity contribution in [3.8, 4) is 0 Å². The fourth-order valence-electron chi connectivity index (χ4n) is 3.46. The second-order valence-corrected chi connectivity index (χ2v) is 6.59. The topological polar surface area (TPSA) is 32.3 Å². The minimum absolute atomic E-state index is 0.269. The summed E-state index contributed by atoms with van der Waals surface area (Å²) in [7, 11) is 0. The fraction of sp³-hybridized carbons (Fsp3) is 0.533. The molecule has 1 aromatic carbocycles. The lowest BCUT2D eigenvalue weighted by molar-refractivity contribution is -0.133. The number of nitrogens with one attached hydrogen (secondary N) is 1. The van der Waals surface area contributed by atoms with Crippen molar-refractivity contribution in [2.45, 2.75) is 31.8 Å². The molecule has 102 valence electrons. The first-order chi connectivity index (χ1) is 9.15. The van der Waals surface area contributed by atoms with Gasteiger partial charge in [-0.05, 0) is 37.0 Å². The number of benzene rings is 1. The molecular weight excluding hydrogens is 304 g/mol. The zero-order valence-electron chi connectivity index (χ0n) is 11.1. The van der Waals surface area contributed by atoms with E-state index in [9.17, 15) is 4.79 Å². The van der Waals surface area contributed by atoms with E-state index in [0.29, 0.717) is 24.4 Å². The van der Waals surface area contributed by atoms with Gasteiger partial charge in [0, 0.05) is 29.6 Å². The molecule has 2 saturated heterocycles. The van der Waals surface area contributed by atoms with Gasteiger partial charge in [-0.15, -0.1) is 0 Å². The van der Waals surface area contributed by atoms with Crippen molar-refractivity contribution in [1.29, 1.82) is 0 Å². The maximum absolute atomic E-state index is 12.5. The number of halogens is 1. The Kier molecular flexibility index (Phi) is 3.63. The number of nitrogens with zero attached hydrogens (tertiary/aromatic N) is 1. The van der Waals surface area contributed by atoms with E-state index in [0.717, 1.165) is 29.5 Å². The van der Waals surface area contributed by atoms with Gasteiger partial charge in [-0.25, -0.2) is 0 Å². The van der Waals surface area contributed by atoms with E-state index in [1.54, 1.807) is 0 Å². The Hall–Kier alpha value is -0.870. The molecule has 3 rings (SSSR count). The first-order valence-corrected chi connectivity index (χ1v) is 7.71. The summed E-state index contributed by atoms with van der Waals surface area (Å²) >= 11 is 3.42. The molecule has 2 aliphatic rings.